The van der Waals surface area contributed by atoms with Gasteiger partial charge >= 0.3 is 0 Å². The molecule has 0 spiro atoms. The quantitative estimate of drug-likeness (QED) is 0.866. The minimum absolute atomic E-state index is 0.0642. The van der Waals surface area contributed by atoms with Crippen molar-refractivity contribution < 1.29 is 0 Å². The summed E-state index contributed by atoms with van der Waals surface area (Å²) in [5, 5.41) is 3.35. The Labute approximate surface area is 125 Å². The largest absolute Gasteiger partial charge is 0.359 e. The van der Waals surface area contributed by atoms with Crippen molar-refractivity contribution in [3.05, 3.63) is 22.7 Å². The molecule has 0 aliphatic heterocycles. The van der Waals surface area contributed by atoms with Gasteiger partial charge in [0.25, 0.3) is 5.56 Å². The van der Waals surface area contributed by atoms with Crippen LogP contribution in [0.15, 0.2) is 17.2 Å². The summed E-state index contributed by atoms with van der Waals surface area (Å²) in [7, 11) is 0. The molecular formula is C15H24ClN3O. The summed E-state index contributed by atoms with van der Waals surface area (Å²) in [6, 6.07) is 0.129. The lowest BCUT2D eigenvalue weighted by molar-refractivity contribution is 0.286. The van der Waals surface area contributed by atoms with E-state index in [2.05, 4.69) is 17.2 Å². The molecule has 4 nitrogen and oxygen atoms in total. The number of halogens is 1. The molecule has 20 heavy (non-hydrogen) atoms. The molecule has 1 aliphatic rings. The van der Waals surface area contributed by atoms with Crippen molar-refractivity contribution in [2.24, 2.45) is 5.92 Å². The second kappa shape index (κ2) is 6.17. The summed E-state index contributed by atoms with van der Waals surface area (Å²) >= 11 is 6.19. The number of alkyl halides is 1. The molecule has 0 radical (unpaired) electrons. The number of hydrogen-bond donors (Lipinski definition) is 1. The Morgan fingerprint density at radius 3 is 2.70 bits per heavy atom. The van der Waals surface area contributed by atoms with E-state index in [1.807, 2.05) is 13.8 Å². The first-order valence-corrected chi connectivity index (χ1v) is 7.92. The highest BCUT2D eigenvalue weighted by Crippen LogP contribution is 2.34. The van der Waals surface area contributed by atoms with E-state index in [1.165, 1.54) is 0 Å². The topological polar surface area (TPSA) is 46.9 Å². The maximum Gasteiger partial charge on any atom is 0.293 e. The van der Waals surface area contributed by atoms with E-state index < -0.39 is 0 Å². The van der Waals surface area contributed by atoms with Gasteiger partial charge in [-0.05, 0) is 45.4 Å². The molecule has 0 bridgehead atoms. The third kappa shape index (κ3) is 3.17. The lowest BCUT2D eigenvalue weighted by Crippen LogP contribution is -2.45. The molecule has 1 aromatic rings. The lowest BCUT2D eigenvalue weighted by Gasteiger charge is -2.39. The first-order valence-electron chi connectivity index (χ1n) is 7.39. The van der Waals surface area contributed by atoms with Crippen LogP contribution in [0.5, 0.6) is 0 Å². The Morgan fingerprint density at radius 2 is 2.15 bits per heavy atom. The first kappa shape index (κ1) is 15.4. The number of hydrogen-bond acceptors (Lipinski definition) is 3. The van der Waals surface area contributed by atoms with Crippen LogP contribution >= 0.6 is 11.6 Å². The zero-order valence-corrected chi connectivity index (χ0v) is 13.3. The lowest BCUT2D eigenvalue weighted by atomic mass is 9.78. The molecule has 1 fully saturated rings. The minimum Gasteiger partial charge on any atom is -0.359 e. The normalized spacial score (nSPS) is 26.8. The van der Waals surface area contributed by atoms with E-state index in [4.69, 9.17) is 11.6 Å². The van der Waals surface area contributed by atoms with E-state index >= 15 is 0 Å². The third-order valence-corrected chi connectivity index (χ3v) is 4.81. The van der Waals surface area contributed by atoms with Crippen LogP contribution in [-0.2, 0) is 0 Å². The second-order valence-corrected chi connectivity index (χ2v) is 6.57. The highest BCUT2D eigenvalue weighted by molar-refractivity contribution is 6.18. The van der Waals surface area contributed by atoms with Crippen LogP contribution in [0.3, 0.4) is 0 Å². The van der Waals surface area contributed by atoms with Gasteiger partial charge in [0.05, 0.1) is 5.54 Å². The van der Waals surface area contributed by atoms with Gasteiger partial charge in [-0.3, -0.25) is 4.79 Å². The molecule has 0 saturated heterocycles. The van der Waals surface area contributed by atoms with Gasteiger partial charge in [-0.25, -0.2) is 4.98 Å². The standard InChI is InChI=1S/C15H24ClN3O/c1-11(2)19-9-8-17-13(14(19)20)18-15(10-16)6-4-12(3)5-7-15/h8-9,11-12H,4-7,10H2,1-3H3,(H,17,18). The molecule has 5 heteroatoms. The third-order valence-electron chi connectivity index (χ3n) is 4.30. The van der Waals surface area contributed by atoms with E-state index in [0.29, 0.717) is 11.7 Å². The van der Waals surface area contributed by atoms with E-state index in [9.17, 15) is 4.79 Å². The van der Waals surface area contributed by atoms with Gasteiger partial charge in [0.1, 0.15) is 0 Å². The van der Waals surface area contributed by atoms with Gasteiger partial charge in [0, 0.05) is 24.3 Å². The van der Waals surface area contributed by atoms with Crippen molar-refractivity contribution >= 4 is 17.4 Å². The molecule has 1 aliphatic carbocycles. The fourth-order valence-corrected chi connectivity index (χ4v) is 3.11. The van der Waals surface area contributed by atoms with Crippen LogP contribution in [-0.4, -0.2) is 21.0 Å². The summed E-state index contributed by atoms with van der Waals surface area (Å²) in [6.45, 7) is 6.25. The monoisotopic (exact) mass is 297 g/mol. The van der Waals surface area contributed by atoms with E-state index in [0.717, 1.165) is 31.6 Å². The van der Waals surface area contributed by atoms with Crippen LogP contribution in [0.4, 0.5) is 5.82 Å². The second-order valence-electron chi connectivity index (χ2n) is 6.30. The summed E-state index contributed by atoms with van der Waals surface area (Å²) in [4.78, 5) is 16.6. The molecule has 2 rings (SSSR count). The molecule has 1 saturated carbocycles. The average molecular weight is 298 g/mol. The first-order chi connectivity index (χ1) is 9.47. The molecule has 0 aromatic carbocycles. The van der Waals surface area contributed by atoms with Crippen molar-refractivity contribution in [2.45, 2.75) is 58.0 Å². The summed E-state index contributed by atoms with van der Waals surface area (Å²) in [6.07, 6.45) is 7.69. The molecular weight excluding hydrogens is 274 g/mol. The average Bonchev–Trinajstić information content (AvgIpc) is 2.43. The maximum absolute atomic E-state index is 12.4. The van der Waals surface area contributed by atoms with Gasteiger partial charge in [0.2, 0.25) is 0 Å². The molecule has 1 heterocycles. The zero-order chi connectivity index (χ0) is 14.8. The predicted molar refractivity (Wildman–Crippen MR) is 83.6 cm³/mol. The molecule has 1 N–H and O–H groups in total. The van der Waals surface area contributed by atoms with Gasteiger partial charge in [-0.15, -0.1) is 11.6 Å². The number of nitrogens with one attached hydrogen (secondary N) is 1. The van der Waals surface area contributed by atoms with Crippen molar-refractivity contribution in [3.8, 4) is 0 Å². The minimum atomic E-state index is -0.184. The molecule has 0 unspecified atom stereocenters. The van der Waals surface area contributed by atoms with Crippen LogP contribution < -0.4 is 10.9 Å². The Balaban J connectivity index is 2.24. The zero-order valence-electron chi connectivity index (χ0n) is 12.5. The molecule has 1 aromatic heterocycles. The Morgan fingerprint density at radius 1 is 1.50 bits per heavy atom. The van der Waals surface area contributed by atoms with Crippen molar-refractivity contribution in [1.29, 1.82) is 0 Å². The van der Waals surface area contributed by atoms with E-state index in [-0.39, 0.29) is 17.1 Å². The highest BCUT2D eigenvalue weighted by atomic mass is 35.5. The van der Waals surface area contributed by atoms with Gasteiger partial charge in [-0.2, -0.15) is 0 Å². The molecule has 112 valence electrons. The summed E-state index contributed by atoms with van der Waals surface area (Å²) in [5.41, 5.74) is -0.248. The Kier molecular flexibility index (Phi) is 4.74. The van der Waals surface area contributed by atoms with Gasteiger partial charge in [0.15, 0.2) is 5.82 Å². The van der Waals surface area contributed by atoms with Crippen molar-refractivity contribution in [1.82, 2.24) is 9.55 Å². The molecule has 0 amide bonds. The van der Waals surface area contributed by atoms with Crippen LogP contribution in [0.2, 0.25) is 0 Å². The predicted octanol–water partition coefficient (Wildman–Crippen LogP) is 3.42. The smallest absolute Gasteiger partial charge is 0.293 e. The van der Waals surface area contributed by atoms with Gasteiger partial charge < -0.3 is 9.88 Å². The number of rotatable bonds is 4. The Hall–Kier alpha value is -1.03. The number of anilines is 1. The summed E-state index contributed by atoms with van der Waals surface area (Å²) < 4.78 is 1.70. The van der Waals surface area contributed by atoms with Crippen molar-refractivity contribution in [3.63, 3.8) is 0 Å². The fraction of sp³-hybridized carbons (Fsp3) is 0.733. The SMILES string of the molecule is CC1CCC(CCl)(Nc2nccn(C(C)C)c2=O)CC1. The highest BCUT2D eigenvalue weighted by Gasteiger charge is 2.34. The number of nitrogens with zero attached hydrogens (tertiary/aromatic N) is 2. The van der Waals surface area contributed by atoms with Gasteiger partial charge in [-0.1, -0.05) is 6.92 Å². The number of aromatic nitrogens is 2. The summed E-state index contributed by atoms with van der Waals surface area (Å²) in [5.74, 6) is 1.68. The molecule has 0 atom stereocenters. The fourth-order valence-electron chi connectivity index (χ4n) is 2.78. The van der Waals surface area contributed by atoms with Crippen molar-refractivity contribution in [2.75, 3.05) is 11.2 Å². The Bertz CT molecular complexity index is 504. The maximum atomic E-state index is 12.4. The van der Waals surface area contributed by atoms with Crippen LogP contribution in [0, 0.1) is 5.92 Å². The van der Waals surface area contributed by atoms with E-state index in [1.54, 1.807) is 17.0 Å². The van der Waals surface area contributed by atoms with Crippen LogP contribution in [0.1, 0.15) is 52.5 Å². The van der Waals surface area contributed by atoms with Crippen LogP contribution in [0.25, 0.3) is 0 Å².